The molecule has 2 heteroatoms. The topological polar surface area (TPSA) is 33.1 Å². The Kier molecular flexibility index (Phi) is 2.21. The summed E-state index contributed by atoms with van der Waals surface area (Å²) in [5, 5.41) is 14.2. The number of para-hydroxylation sites is 1. The van der Waals surface area contributed by atoms with Gasteiger partial charge in [-0.3, -0.25) is 0 Å². The molecule has 0 atom stereocenters. The van der Waals surface area contributed by atoms with Gasteiger partial charge >= 0.3 is 0 Å². The summed E-state index contributed by atoms with van der Waals surface area (Å²) in [5.41, 5.74) is 3.18. The SMILES string of the molecule is Cc1c2ccccc2nc2c1ccc1c(O)cccc12. The zero-order valence-corrected chi connectivity index (χ0v) is 11.1. The molecule has 1 N–H and O–H groups in total. The first-order chi connectivity index (χ1) is 9.75. The third-order valence-electron chi connectivity index (χ3n) is 3.95. The fourth-order valence-electron chi connectivity index (χ4n) is 2.90. The van der Waals surface area contributed by atoms with E-state index in [4.69, 9.17) is 4.98 Å². The van der Waals surface area contributed by atoms with Gasteiger partial charge in [0, 0.05) is 21.5 Å². The van der Waals surface area contributed by atoms with E-state index >= 15 is 0 Å². The van der Waals surface area contributed by atoms with Gasteiger partial charge in [-0.25, -0.2) is 4.98 Å². The van der Waals surface area contributed by atoms with Crippen LogP contribution in [0.4, 0.5) is 0 Å². The second-order valence-electron chi connectivity index (χ2n) is 5.09. The summed E-state index contributed by atoms with van der Waals surface area (Å²) in [6.07, 6.45) is 0. The van der Waals surface area contributed by atoms with E-state index in [0.717, 1.165) is 27.2 Å². The Hall–Kier alpha value is -2.61. The summed E-state index contributed by atoms with van der Waals surface area (Å²) in [6, 6.07) is 17.8. The van der Waals surface area contributed by atoms with Crippen LogP contribution in [0, 0.1) is 6.92 Å². The molecule has 96 valence electrons. The van der Waals surface area contributed by atoms with Gasteiger partial charge in [-0.2, -0.15) is 0 Å². The highest BCUT2D eigenvalue weighted by atomic mass is 16.3. The quantitative estimate of drug-likeness (QED) is 0.371. The van der Waals surface area contributed by atoms with E-state index in [1.165, 1.54) is 10.9 Å². The average Bonchev–Trinajstić information content (AvgIpc) is 2.48. The molecule has 0 bridgehead atoms. The molecule has 1 heterocycles. The average molecular weight is 259 g/mol. The minimum Gasteiger partial charge on any atom is -0.507 e. The van der Waals surface area contributed by atoms with Crippen molar-refractivity contribution in [1.82, 2.24) is 4.98 Å². The lowest BCUT2D eigenvalue weighted by atomic mass is 9.99. The largest absolute Gasteiger partial charge is 0.507 e. The lowest BCUT2D eigenvalue weighted by Crippen LogP contribution is -1.89. The van der Waals surface area contributed by atoms with Crippen LogP contribution in [0.5, 0.6) is 5.75 Å². The molecule has 0 amide bonds. The van der Waals surface area contributed by atoms with Crippen molar-refractivity contribution in [1.29, 1.82) is 0 Å². The van der Waals surface area contributed by atoms with Gasteiger partial charge in [-0.05, 0) is 30.7 Å². The Morgan fingerprint density at radius 3 is 2.40 bits per heavy atom. The number of aromatic hydroxyl groups is 1. The summed E-state index contributed by atoms with van der Waals surface area (Å²) in [7, 11) is 0. The Labute approximate surface area is 116 Å². The molecule has 0 spiro atoms. The van der Waals surface area contributed by atoms with Crippen molar-refractivity contribution >= 4 is 32.6 Å². The number of aryl methyl sites for hydroxylation is 1. The molecule has 4 aromatic rings. The van der Waals surface area contributed by atoms with Crippen LogP contribution in [-0.4, -0.2) is 10.1 Å². The lowest BCUT2D eigenvalue weighted by molar-refractivity contribution is 0.481. The minimum absolute atomic E-state index is 0.303. The summed E-state index contributed by atoms with van der Waals surface area (Å²) in [4.78, 5) is 4.80. The maximum atomic E-state index is 9.99. The van der Waals surface area contributed by atoms with E-state index in [1.54, 1.807) is 6.07 Å². The van der Waals surface area contributed by atoms with E-state index in [0.29, 0.717) is 5.75 Å². The molecule has 0 aliphatic carbocycles. The van der Waals surface area contributed by atoms with E-state index < -0.39 is 0 Å². The monoisotopic (exact) mass is 259 g/mol. The summed E-state index contributed by atoms with van der Waals surface area (Å²) in [5.74, 6) is 0.303. The van der Waals surface area contributed by atoms with Crippen LogP contribution in [-0.2, 0) is 0 Å². The van der Waals surface area contributed by atoms with E-state index in [9.17, 15) is 5.11 Å². The molecule has 0 aliphatic heterocycles. The fourth-order valence-corrected chi connectivity index (χ4v) is 2.90. The molecule has 3 aromatic carbocycles. The fraction of sp³-hybridized carbons (Fsp3) is 0.0556. The van der Waals surface area contributed by atoms with Crippen LogP contribution < -0.4 is 0 Å². The number of rotatable bonds is 0. The predicted octanol–water partition coefficient (Wildman–Crippen LogP) is 4.56. The highest BCUT2D eigenvalue weighted by Gasteiger charge is 2.09. The number of benzene rings is 3. The van der Waals surface area contributed by atoms with Crippen molar-refractivity contribution in [3.05, 3.63) is 60.2 Å². The third kappa shape index (κ3) is 1.42. The summed E-state index contributed by atoms with van der Waals surface area (Å²) < 4.78 is 0. The van der Waals surface area contributed by atoms with Gasteiger partial charge in [0.25, 0.3) is 0 Å². The van der Waals surface area contributed by atoms with Crippen molar-refractivity contribution in [2.45, 2.75) is 6.92 Å². The highest BCUT2D eigenvalue weighted by Crippen LogP contribution is 2.33. The number of hydrogen-bond donors (Lipinski definition) is 1. The molecule has 0 radical (unpaired) electrons. The standard InChI is InChI=1S/C18H13NO/c1-11-12-5-2-3-7-16(12)19-18-13(11)9-10-14-15(18)6-4-8-17(14)20/h2-10,20H,1H3. The molecule has 20 heavy (non-hydrogen) atoms. The second kappa shape index (κ2) is 3.94. The van der Waals surface area contributed by atoms with Gasteiger partial charge < -0.3 is 5.11 Å². The molecule has 0 saturated heterocycles. The maximum Gasteiger partial charge on any atom is 0.123 e. The van der Waals surface area contributed by atoms with Gasteiger partial charge in [-0.1, -0.05) is 36.4 Å². The second-order valence-corrected chi connectivity index (χ2v) is 5.09. The maximum absolute atomic E-state index is 9.99. The van der Waals surface area contributed by atoms with Crippen molar-refractivity contribution in [2.24, 2.45) is 0 Å². The van der Waals surface area contributed by atoms with E-state index in [-0.39, 0.29) is 0 Å². The summed E-state index contributed by atoms with van der Waals surface area (Å²) in [6.45, 7) is 2.13. The molecule has 0 fully saturated rings. The van der Waals surface area contributed by atoms with Gasteiger partial charge in [-0.15, -0.1) is 0 Å². The zero-order valence-electron chi connectivity index (χ0n) is 11.1. The van der Waals surface area contributed by atoms with Gasteiger partial charge in [0.05, 0.1) is 11.0 Å². The van der Waals surface area contributed by atoms with Crippen LogP contribution in [0.15, 0.2) is 54.6 Å². The van der Waals surface area contributed by atoms with Crippen molar-refractivity contribution in [3.63, 3.8) is 0 Å². The van der Waals surface area contributed by atoms with Crippen LogP contribution in [0.2, 0.25) is 0 Å². The van der Waals surface area contributed by atoms with Crippen LogP contribution >= 0.6 is 0 Å². The van der Waals surface area contributed by atoms with Gasteiger partial charge in [0.2, 0.25) is 0 Å². The predicted molar refractivity (Wildman–Crippen MR) is 83.2 cm³/mol. The van der Waals surface area contributed by atoms with Crippen molar-refractivity contribution < 1.29 is 5.11 Å². The lowest BCUT2D eigenvalue weighted by Gasteiger charge is -2.10. The van der Waals surface area contributed by atoms with Crippen LogP contribution in [0.25, 0.3) is 32.6 Å². The first-order valence-corrected chi connectivity index (χ1v) is 6.65. The molecular weight excluding hydrogens is 246 g/mol. The van der Waals surface area contributed by atoms with Crippen molar-refractivity contribution in [2.75, 3.05) is 0 Å². The normalized spacial score (nSPS) is 11.4. The summed E-state index contributed by atoms with van der Waals surface area (Å²) >= 11 is 0. The third-order valence-corrected chi connectivity index (χ3v) is 3.95. The Bertz CT molecular complexity index is 973. The minimum atomic E-state index is 0.303. The van der Waals surface area contributed by atoms with Gasteiger partial charge in [0.1, 0.15) is 5.75 Å². The number of phenols is 1. The zero-order chi connectivity index (χ0) is 13.7. The molecule has 0 aliphatic rings. The Morgan fingerprint density at radius 2 is 1.50 bits per heavy atom. The van der Waals surface area contributed by atoms with E-state index in [2.05, 4.69) is 13.0 Å². The molecule has 1 aromatic heterocycles. The smallest absolute Gasteiger partial charge is 0.123 e. The first kappa shape index (κ1) is 11.2. The molecule has 0 unspecified atom stereocenters. The number of phenolic OH excluding ortho intramolecular Hbond substituents is 1. The molecular formula is C18H13NO. The number of hydrogen-bond acceptors (Lipinski definition) is 2. The molecule has 0 saturated carbocycles. The number of fused-ring (bicyclic) bond motifs is 4. The number of pyridine rings is 1. The molecule has 2 nitrogen and oxygen atoms in total. The Morgan fingerprint density at radius 1 is 0.750 bits per heavy atom. The van der Waals surface area contributed by atoms with Gasteiger partial charge in [0.15, 0.2) is 0 Å². The van der Waals surface area contributed by atoms with Crippen LogP contribution in [0.1, 0.15) is 5.56 Å². The highest BCUT2D eigenvalue weighted by molar-refractivity contribution is 6.11. The molecule has 4 rings (SSSR count). The van der Waals surface area contributed by atoms with E-state index in [1.807, 2.05) is 42.5 Å². The number of aromatic nitrogens is 1. The Balaban J connectivity index is 2.31. The van der Waals surface area contributed by atoms with Crippen molar-refractivity contribution in [3.8, 4) is 5.75 Å². The number of nitrogens with zero attached hydrogens (tertiary/aromatic N) is 1. The van der Waals surface area contributed by atoms with Crippen LogP contribution in [0.3, 0.4) is 0 Å². The first-order valence-electron chi connectivity index (χ1n) is 6.65.